The van der Waals surface area contributed by atoms with Gasteiger partial charge in [0.05, 0.1) is 6.10 Å². The molecule has 0 bridgehead atoms. The van der Waals surface area contributed by atoms with Crippen molar-refractivity contribution in [2.24, 2.45) is 0 Å². The summed E-state index contributed by atoms with van der Waals surface area (Å²) in [4.78, 5) is 5.01. The quantitative estimate of drug-likeness (QED) is 0.861. The van der Waals surface area contributed by atoms with Crippen LogP contribution in [0.5, 0.6) is 0 Å². The Balaban J connectivity index is 1.66. The molecule has 3 heterocycles. The number of hydrogen-bond acceptors (Lipinski definition) is 4. The number of aliphatic hydroxyl groups is 1. The van der Waals surface area contributed by atoms with Crippen molar-refractivity contribution in [2.45, 2.75) is 38.1 Å². The number of thiophene rings is 1. The van der Waals surface area contributed by atoms with Crippen molar-refractivity contribution in [1.82, 2.24) is 9.80 Å². The topological polar surface area (TPSA) is 26.7 Å². The Morgan fingerprint density at radius 1 is 1.41 bits per heavy atom. The number of fused-ring (bicyclic) bond motifs is 1. The maximum Gasteiger partial charge on any atom is 0.0682 e. The number of nitrogens with zero attached hydrogens (tertiary/aromatic N) is 2. The molecule has 4 heteroatoms. The fourth-order valence-electron chi connectivity index (χ4n) is 3.11. The highest BCUT2D eigenvalue weighted by Gasteiger charge is 2.37. The Labute approximate surface area is 107 Å². The Hall–Kier alpha value is -0.420. The van der Waals surface area contributed by atoms with Crippen LogP contribution >= 0.6 is 11.3 Å². The first-order valence-electron chi connectivity index (χ1n) is 6.39. The van der Waals surface area contributed by atoms with Gasteiger partial charge in [0.2, 0.25) is 0 Å². The van der Waals surface area contributed by atoms with E-state index in [0.717, 1.165) is 32.6 Å². The smallest absolute Gasteiger partial charge is 0.0682 e. The Morgan fingerprint density at radius 3 is 3.06 bits per heavy atom. The molecule has 0 aromatic carbocycles. The second kappa shape index (κ2) is 4.69. The lowest BCUT2D eigenvalue weighted by Gasteiger charge is -2.42. The molecule has 1 aromatic rings. The zero-order valence-corrected chi connectivity index (χ0v) is 11.1. The van der Waals surface area contributed by atoms with Gasteiger partial charge >= 0.3 is 0 Å². The summed E-state index contributed by atoms with van der Waals surface area (Å²) in [5, 5.41) is 14.1. The van der Waals surface area contributed by atoms with Gasteiger partial charge in [0.25, 0.3) is 0 Å². The fourth-order valence-corrected chi connectivity index (χ4v) is 3.77. The van der Waals surface area contributed by atoms with E-state index in [1.807, 2.05) is 0 Å². The van der Waals surface area contributed by atoms with Gasteiger partial charge in [-0.05, 0) is 35.7 Å². The maximum atomic E-state index is 9.73. The summed E-state index contributed by atoms with van der Waals surface area (Å²) in [7, 11) is 0. The first kappa shape index (κ1) is 11.7. The summed E-state index contributed by atoms with van der Waals surface area (Å²) < 4.78 is 0. The predicted octanol–water partition coefficient (Wildman–Crippen LogP) is 1.39. The molecule has 94 valence electrons. The van der Waals surface area contributed by atoms with Crippen LogP contribution in [0.1, 0.15) is 18.9 Å². The maximum absolute atomic E-state index is 9.73. The van der Waals surface area contributed by atoms with E-state index in [1.165, 1.54) is 5.56 Å². The molecule has 0 saturated carbocycles. The minimum absolute atomic E-state index is 0.103. The molecule has 0 amide bonds. The molecule has 3 nitrogen and oxygen atoms in total. The van der Waals surface area contributed by atoms with Crippen molar-refractivity contribution in [3.63, 3.8) is 0 Å². The van der Waals surface area contributed by atoms with Crippen molar-refractivity contribution in [3.05, 3.63) is 22.4 Å². The molecule has 0 unspecified atom stereocenters. The van der Waals surface area contributed by atoms with Crippen molar-refractivity contribution >= 4 is 11.3 Å². The highest BCUT2D eigenvalue weighted by atomic mass is 32.1. The molecule has 3 atom stereocenters. The highest BCUT2D eigenvalue weighted by Crippen LogP contribution is 2.26. The van der Waals surface area contributed by atoms with Gasteiger partial charge in [-0.25, -0.2) is 0 Å². The summed E-state index contributed by atoms with van der Waals surface area (Å²) in [6.45, 7) is 6.44. The average molecular weight is 252 g/mol. The van der Waals surface area contributed by atoms with Crippen LogP contribution in [0.4, 0.5) is 0 Å². The summed E-state index contributed by atoms with van der Waals surface area (Å²) in [5.41, 5.74) is 1.42. The van der Waals surface area contributed by atoms with Gasteiger partial charge in [-0.2, -0.15) is 11.3 Å². The number of rotatable bonds is 2. The van der Waals surface area contributed by atoms with Crippen molar-refractivity contribution < 1.29 is 5.11 Å². The van der Waals surface area contributed by atoms with E-state index in [1.54, 1.807) is 11.3 Å². The van der Waals surface area contributed by atoms with Crippen LogP contribution in [-0.4, -0.2) is 52.7 Å². The molecule has 2 fully saturated rings. The van der Waals surface area contributed by atoms with Crippen molar-refractivity contribution in [3.8, 4) is 0 Å². The molecule has 1 N–H and O–H groups in total. The first-order valence-corrected chi connectivity index (χ1v) is 7.34. The molecule has 0 radical (unpaired) electrons. The third kappa shape index (κ3) is 2.40. The Bertz CT molecular complexity index is 368. The monoisotopic (exact) mass is 252 g/mol. The summed E-state index contributed by atoms with van der Waals surface area (Å²) in [6.07, 6.45) is 0.848. The van der Waals surface area contributed by atoms with Gasteiger partial charge in [0.15, 0.2) is 0 Å². The van der Waals surface area contributed by atoms with Gasteiger partial charge in [-0.1, -0.05) is 0 Å². The average Bonchev–Trinajstić information content (AvgIpc) is 2.87. The van der Waals surface area contributed by atoms with E-state index in [9.17, 15) is 5.11 Å². The van der Waals surface area contributed by atoms with Crippen LogP contribution in [0.25, 0.3) is 0 Å². The second-order valence-corrected chi connectivity index (χ2v) is 6.19. The molecule has 0 aliphatic carbocycles. The standard InChI is InChI=1S/C13H20N2OS/c1-10-5-15-8-13(16)4-12(15)7-14(10)6-11-2-3-17-9-11/h2-3,9-10,12-13,16H,4-8H2,1H3/t10-,12-,13+/m0/s1. The first-order chi connectivity index (χ1) is 8.22. The van der Waals surface area contributed by atoms with Crippen molar-refractivity contribution in [1.29, 1.82) is 0 Å². The van der Waals surface area contributed by atoms with E-state index in [2.05, 4.69) is 33.6 Å². The number of piperazine rings is 1. The minimum atomic E-state index is -0.103. The van der Waals surface area contributed by atoms with Gasteiger partial charge < -0.3 is 5.11 Å². The van der Waals surface area contributed by atoms with Crippen molar-refractivity contribution in [2.75, 3.05) is 19.6 Å². The van der Waals surface area contributed by atoms with E-state index in [-0.39, 0.29) is 6.10 Å². The zero-order chi connectivity index (χ0) is 11.8. The number of hydrogen-bond donors (Lipinski definition) is 1. The van der Waals surface area contributed by atoms with E-state index in [0.29, 0.717) is 12.1 Å². The Kier molecular flexibility index (Phi) is 3.21. The molecule has 3 rings (SSSR count). The van der Waals surface area contributed by atoms with Gasteiger partial charge in [0, 0.05) is 38.3 Å². The van der Waals surface area contributed by atoms with E-state index < -0.39 is 0 Å². The van der Waals surface area contributed by atoms with Crippen LogP contribution in [-0.2, 0) is 6.54 Å². The highest BCUT2D eigenvalue weighted by molar-refractivity contribution is 7.07. The van der Waals surface area contributed by atoms with Crippen LogP contribution in [0.2, 0.25) is 0 Å². The predicted molar refractivity (Wildman–Crippen MR) is 70.2 cm³/mol. The normalized spacial score (nSPS) is 35.1. The molecule has 17 heavy (non-hydrogen) atoms. The molecule has 2 aliphatic rings. The third-order valence-corrected chi connectivity index (χ3v) is 4.77. The van der Waals surface area contributed by atoms with Gasteiger partial charge in [0.1, 0.15) is 0 Å². The number of aliphatic hydroxyl groups excluding tert-OH is 1. The fraction of sp³-hybridized carbons (Fsp3) is 0.692. The van der Waals surface area contributed by atoms with Gasteiger partial charge in [-0.3, -0.25) is 9.80 Å². The zero-order valence-electron chi connectivity index (χ0n) is 10.2. The van der Waals surface area contributed by atoms with Crippen LogP contribution in [0, 0.1) is 0 Å². The van der Waals surface area contributed by atoms with Crippen LogP contribution in [0.3, 0.4) is 0 Å². The second-order valence-electron chi connectivity index (χ2n) is 5.41. The molecule has 2 aliphatic heterocycles. The van der Waals surface area contributed by atoms with Crippen LogP contribution in [0.15, 0.2) is 16.8 Å². The lowest BCUT2D eigenvalue weighted by Crippen LogP contribution is -2.54. The van der Waals surface area contributed by atoms with Gasteiger partial charge in [-0.15, -0.1) is 0 Å². The lowest BCUT2D eigenvalue weighted by atomic mass is 10.1. The third-order valence-electron chi connectivity index (χ3n) is 4.04. The Morgan fingerprint density at radius 2 is 2.29 bits per heavy atom. The summed E-state index contributed by atoms with van der Waals surface area (Å²) in [6, 6.07) is 3.38. The molecular formula is C13H20N2OS. The van der Waals surface area contributed by atoms with E-state index in [4.69, 9.17) is 0 Å². The summed E-state index contributed by atoms with van der Waals surface area (Å²) >= 11 is 1.77. The molecular weight excluding hydrogens is 232 g/mol. The SMILES string of the molecule is C[C@H]1CN2C[C@H](O)C[C@H]2CN1Cc1ccsc1. The summed E-state index contributed by atoms with van der Waals surface area (Å²) in [5.74, 6) is 0. The van der Waals surface area contributed by atoms with Crippen LogP contribution < -0.4 is 0 Å². The molecule has 1 aromatic heterocycles. The minimum Gasteiger partial charge on any atom is -0.392 e. The lowest BCUT2D eigenvalue weighted by molar-refractivity contribution is 0.0529. The van der Waals surface area contributed by atoms with E-state index >= 15 is 0 Å². The largest absolute Gasteiger partial charge is 0.392 e. The molecule has 0 spiro atoms. The molecule has 2 saturated heterocycles.